The summed E-state index contributed by atoms with van der Waals surface area (Å²) in [6.45, 7) is 4.81. The van der Waals surface area contributed by atoms with E-state index in [-0.39, 0.29) is 12.1 Å². The Morgan fingerprint density at radius 3 is 2.95 bits per heavy atom. The van der Waals surface area contributed by atoms with Crippen molar-refractivity contribution >= 4 is 5.97 Å². The third-order valence-electron chi connectivity index (χ3n) is 3.24. The number of aliphatic carboxylic acids is 1. The minimum atomic E-state index is -0.880. The molecular formula is C16H19NO3. The van der Waals surface area contributed by atoms with Gasteiger partial charge in [0.1, 0.15) is 11.4 Å². The number of fused-ring (bicyclic) bond motifs is 1. The summed E-state index contributed by atoms with van der Waals surface area (Å²) in [5.41, 5.74) is 1.95. The molecule has 0 spiro atoms. The molecule has 0 aromatic heterocycles. The molecule has 106 valence electrons. The highest BCUT2D eigenvalue weighted by atomic mass is 16.5. The normalized spacial score (nSPS) is 15.5. The number of hydrogen-bond acceptors (Lipinski definition) is 3. The van der Waals surface area contributed by atoms with Gasteiger partial charge in [0.05, 0.1) is 13.1 Å². The first-order chi connectivity index (χ1) is 9.41. The Hall–Kier alpha value is -1.99. The second-order valence-electron chi connectivity index (χ2n) is 5.69. The van der Waals surface area contributed by atoms with E-state index >= 15 is 0 Å². The highest BCUT2D eigenvalue weighted by Gasteiger charge is 2.31. The van der Waals surface area contributed by atoms with Gasteiger partial charge in [-0.25, -0.2) is 0 Å². The Balaban J connectivity index is 2.20. The van der Waals surface area contributed by atoms with Crippen molar-refractivity contribution in [3.8, 4) is 18.1 Å². The van der Waals surface area contributed by atoms with Crippen LogP contribution in [0.25, 0.3) is 0 Å². The van der Waals surface area contributed by atoms with Gasteiger partial charge >= 0.3 is 5.97 Å². The molecule has 0 unspecified atom stereocenters. The van der Waals surface area contributed by atoms with E-state index in [9.17, 15) is 4.79 Å². The smallest absolute Gasteiger partial charge is 0.317 e. The lowest BCUT2D eigenvalue weighted by molar-refractivity contribution is -0.138. The van der Waals surface area contributed by atoms with Crippen LogP contribution in [0.3, 0.4) is 0 Å². The fourth-order valence-electron chi connectivity index (χ4n) is 2.53. The molecule has 0 saturated carbocycles. The number of carbonyl (C=O) groups is 1. The minimum absolute atomic E-state index is 0.0722. The largest absolute Gasteiger partial charge is 0.487 e. The summed E-state index contributed by atoms with van der Waals surface area (Å²) < 4.78 is 5.98. The highest BCUT2D eigenvalue weighted by molar-refractivity contribution is 5.69. The molecule has 0 bridgehead atoms. The van der Waals surface area contributed by atoms with Gasteiger partial charge in [-0.05, 0) is 19.4 Å². The van der Waals surface area contributed by atoms with Crippen molar-refractivity contribution in [2.45, 2.75) is 32.4 Å². The average molecular weight is 273 g/mol. The van der Waals surface area contributed by atoms with Gasteiger partial charge in [-0.15, -0.1) is 6.42 Å². The van der Waals surface area contributed by atoms with E-state index < -0.39 is 5.97 Å². The number of hydrogen-bond donors (Lipinski definition) is 1. The number of carboxylic acid groups (broad SMARTS) is 1. The lowest BCUT2D eigenvalue weighted by Gasteiger charge is -2.21. The van der Waals surface area contributed by atoms with Crippen LogP contribution in [-0.4, -0.2) is 34.7 Å². The van der Waals surface area contributed by atoms with Gasteiger partial charge in [0.15, 0.2) is 0 Å². The zero-order chi connectivity index (χ0) is 14.8. The van der Waals surface area contributed by atoms with Crippen molar-refractivity contribution in [1.29, 1.82) is 0 Å². The van der Waals surface area contributed by atoms with Crippen LogP contribution in [0.2, 0.25) is 0 Å². The molecule has 1 aromatic rings. The predicted molar refractivity (Wildman–Crippen MR) is 76.6 cm³/mol. The SMILES string of the molecule is C#CCN(CC(=O)O)Cc1cccc2c1OC(C)(C)C2. The molecule has 0 fully saturated rings. The summed E-state index contributed by atoms with van der Waals surface area (Å²) in [7, 11) is 0. The Bertz CT molecular complexity index is 557. The molecule has 0 aliphatic carbocycles. The maximum absolute atomic E-state index is 10.9. The van der Waals surface area contributed by atoms with Crippen molar-refractivity contribution < 1.29 is 14.6 Å². The number of para-hydroxylation sites is 1. The number of nitrogens with zero attached hydrogens (tertiary/aromatic N) is 1. The quantitative estimate of drug-likeness (QED) is 0.833. The standard InChI is InChI=1S/C16H19NO3/c1-4-8-17(11-14(18)19)10-13-7-5-6-12-9-16(2,3)20-15(12)13/h1,5-7H,8-11H2,2-3H3,(H,18,19). The van der Waals surface area contributed by atoms with Crippen LogP contribution in [0.1, 0.15) is 25.0 Å². The Labute approximate surface area is 119 Å². The van der Waals surface area contributed by atoms with Crippen molar-refractivity contribution in [3.63, 3.8) is 0 Å². The molecule has 4 heteroatoms. The lowest BCUT2D eigenvalue weighted by Crippen LogP contribution is -2.30. The Kier molecular flexibility index (Phi) is 4.01. The summed E-state index contributed by atoms with van der Waals surface area (Å²) >= 11 is 0. The minimum Gasteiger partial charge on any atom is -0.487 e. The van der Waals surface area contributed by atoms with Crippen LogP contribution < -0.4 is 4.74 Å². The van der Waals surface area contributed by atoms with E-state index in [4.69, 9.17) is 16.3 Å². The molecule has 2 rings (SSSR count). The Morgan fingerprint density at radius 1 is 1.55 bits per heavy atom. The van der Waals surface area contributed by atoms with E-state index in [0.29, 0.717) is 13.1 Å². The maximum atomic E-state index is 10.9. The zero-order valence-corrected chi connectivity index (χ0v) is 11.8. The van der Waals surface area contributed by atoms with Crippen molar-refractivity contribution in [2.75, 3.05) is 13.1 Å². The molecule has 1 aliphatic rings. The number of benzene rings is 1. The van der Waals surface area contributed by atoms with Crippen LogP contribution in [0.5, 0.6) is 5.75 Å². The lowest BCUT2D eigenvalue weighted by atomic mass is 10.0. The van der Waals surface area contributed by atoms with Crippen LogP contribution in [0.4, 0.5) is 0 Å². The molecule has 0 amide bonds. The van der Waals surface area contributed by atoms with Crippen LogP contribution in [0, 0.1) is 12.3 Å². The van der Waals surface area contributed by atoms with E-state index in [1.165, 1.54) is 5.56 Å². The van der Waals surface area contributed by atoms with Crippen LogP contribution in [0.15, 0.2) is 18.2 Å². The van der Waals surface area contributed by atoms with Gasteiger partial charge in [0.2, 0.25) is 0 Å². The summed E-state index contributed by atoms with van der Waals surface area (Å²) in [4.78, 5) is 12.6. The van der Waals surface area contributed by atoms with Gasteiger partial charge in [-0.3, -0.25) is 9.69 Å². The molecule has 1 N–H and O–H groups in total. The number of terminal acetylenes is 1. The van der Waals surface area contributed by atoms with Crippen LogP contribution in [-0.2, 0) is 17.8 Å². The van der Waals surface area contributed by atoms with Crippen LogP contribution >= 0.6 is 0 Å². The average Bonchev–Trinajstić information content (AvgIpc) is 2.64. The van der Waals surface area contributed by atoms with Gasteiger partial charge in [-0.2, -0.15) is 0 Å². The zero-order valence-electron chi connectivity index (χ0n) is 11.8. The molecular weight excluding hydrogens is 254 g/mol. The molecule has 0 atom stereocenters. The van der Waals surface area contributed by atoms with Gasteiger partial charge < -0.3 is 9.84 Å². The number of rotatable bonds is 5. The third kappa shape index (κ3) is 3.31. The van der Waals surface area contributed by atoms with Crippen molar-refractivity contribution in [2.24, 2.45) is 0 Å². The summed E-state index contributed by atoms with van der Waals surface area (Å²) in [6.07, 6.45) is 6.16. The second-order valence-corrected chi connectivity index (χ2v) is 5.69. The first kappa shape index (κ1) is 14.4. The first-order valence-electron chi connectivity index (χ1n) is 6.59. The third-order valence-corrected chi connectivity index (χ3v) is 3.24. The second kappa shape index (κ2) is 5.56. The summed E-state index contributed by atoms with van der Waals surface area (Å²) in [6, 6.07) is 6.00. The van der Waals surface area contributed by atoms with E-state index in [0.717, 1.165) is 17.7 Å². The molecule has 1 aliphatic heterocycles. The topological polar surface area (TPSA) is 49.8 Å². The molecule has 0 radical (unpaired) electrons. The molecule has 1 aromatic carbocycles. The van der Waals surface area contributed by atoms with E-state index in [2.05, 4.69) is 12.0 Å². The fourth-order valence-corrected chi connectivity index (χ4v) is 2.53. The molecule has 4 nitrogen and oxygen atoms in total. The van der Waals surface area contributed by atoms with Crippen molar-refractivity contribution in [3.05, 3.63) is 29.3 Å². The molecule has 1 heterocycles. The molecule has 20 heavy (non-hydrogen) atoms. The highest BCUT2D eigenvalue weighted by Crippen LogP contribution is 2.37. The van der Waals surface area contributed by atoms with E-state index in [1.807, 2.05) is 26.0 Å². The fraction of sp³-hybridized carbons (Fsp3) is 0.438. The number of ether oxygens (including phenoxy) is 1. The number of carboxylic acids is 1. The van der Waals surface area contributed by atoms with E-state index in [1.54, 1.807) is 4.90 Å². The predicted octanol–water partition coefficient (Wildman–Crippen LogP) is 1.92. The monoisotopic (exact) mass is 273 g/mol. The maximum Gasteiger partial charge on any atom is 0.317 e. The Morgan fingerprint density at radius 2 is 2.30 bits per heavy atom. The van der Waals surface area contributed by atoms with Crippen molar-refractivity contribution in [1.82, 2.24) is 4.90 Å². The van der Waals surface area contributed by atoms with Gasteiger partial charge in [-0.1, -0.05) is 24.1 Å². The molecule has 0 saturated heterocycles. The first-order valence-corrected chi connectivity index (χ1v) is 6.59. The summed E-state index contributed by atoms with van der Waals surface area (Å²) in [5.74, 6) is 2.50. The van der Waals surface area contributed by atoms with Gasteiger partial charge in [0.25, 0.3) is 0 Å². The summed E-state index contributed by atoms with van der Waals surface area (Å²) in [5, 5.41) is 8.92. The van der Waals surface area contributed by atoms with Gasteiger partial charge in [0, 0.05) is 18.5 Å².